The topological polar surface area (TPSA) is 42.1 Å². The number of aromatic nitrogens is 1. The molecule has 0 aromatic carbocycles. The van der Waals surface area contributed by atoms with Crippen LogP contribution in [0.4, 0.5) is 5.82 Å². The van der Waals surface area contributed by atoms with Crippen LogP contribution in [0.3, 0.4) is 0 Å². The maximum atomic E-state index is 5.94. The number of hydrogen-bond acceptors (Lipinski definition) is 3. The SMILES string of the molecule is C[C@@H](N)c1ccnc(N(CC2CC2)C2CC2)c1. The van der Waals surface area contributed by atoms with Crippen LogP contribution in [-0.4, -0.2) is 17.6 Å². The molecule has 1 aromatic heterocycles. The van der Waals surface area contributed by atoms with Crippen LogP contribution < -0.4 is 10.6 Å². The molecule has 92 valence electrons. The Hall–Kier alpha value is -1.09. The third-order valence-electron chi connectivity index (χ3n) is 3.73. The molecule has 3 nitrogen and oxygen atoms in total. The standard InChI is InChI=1S/C14H21N3/c1-10(15)12-6-7-16-14(8-12)17(13-4-5-13)9-11-2-3-11/h6-8,10-11,13H,2-5,9,15H2,1H3/t10-/m1/s1. The number of hydrogen-bond donors (Lipinski definition) is 1. The van der Waals surface area contributed by atoms with Gasteiger partial charge in [-0.2, -0.15) is 0 Å². The zero-order valence-corrected chi connectivity index (χ0v) is 10.5. The maximum Gasteiger partial charge on any atom is 0.129 e. The lowest BCUT2D eigenvalue weighted by atomic mass is 10.1. The van der Waals surface area contributed by atoms with Crippen molar-refractivity contribution in [3.63, 3.8) is 0 Å². The van der Waals surface area contributed by atoms with Gasteiger partial charge in [0.15, 0.2) is 0 Å². The molecule has 1 heterocycles. The van der Waals surface area contributed by atoms with Gasteiger partial charge in [0.1, 0.15) is 5.82 Å². The number of pyridine rings is 1. The Kier molecular flexibility index (Phi) is 2.79. The minimum Gasteiger partial charge on any atom is -0.353 e. The van der Waals surface area contributed by atoms with Gasteiger partial charge in [0.25, 0.3) is 0 Å². The van der Waals surface area contributed by atoms with E-state index < -0.39 is 0 Å². The number of nitrogens with zero attached hydrogens (tertiary/aromatic N) is 2. The van der Waals surface area contributed by atoms with Crippen molar-refractivity contribution in [2.24, 2.45) is 11.7 Å². The van der Waals surface area contributed by atoms with E-state index in [4.69, 9.17) is 5.73 Å². The molecule has 2 aliphatic rings. The van der Waals surface area contributed by atoms with Gasteiger partial charge in [-0.15, -0.1) is 0 Å². The predicted octanol–water partition coefficient (Wildman–Crippen LogP) is 2.48. The first kappa shape index (κ1) is 11.0. The summed E-state index contributed by atoms with van der Waals surface area (Å²) in [6, 6.07) is 5.03. The van der Waals surface area contributed by atoms with Crippen LogP contribution in [-0.2, 0) is 0 Å². The van der Waals surface area contributed by atoms with Gasteiger partial charge in [-0.3, -0.25) is 0 Å². The fourth-order valence-electron chi connectivity index (χ4n) is 2.27. The summed E-state index contributed by atoms with van der Waals surface area (Å²) in [7, 11) is 0. The molecule has 0 aliphatic heterocycles. The average Bonchev–Trinajstić information content (AvgIpc) is 3.18. The molecule has 2 fully saturated rings. The van der Waals surface area contributed by atoms with E-state index in [-0.39, 0.29) is 6.04 Å². The van der Waals surface area contributed by atoms with Gasteiger partial charge in [0.2, 0.25) is 0 Å². The van der Waals surface area contributed by atoms with Gasteiger partial charge < -0.3 is 10.6 Å². The highest BCUT2D eigenvalue weighted by Crippen LogP contribution is 2.37. The quantitative estimate of drug-likeness (QED) is 0.846. The minimum absolute atomic E-state index is 0.0960. The van der Waals surface area contributed by atoms with Crippen molar-refractivity contribution in [3.8, 4) is 0 Å². The van der Waals surface area contributed by atoms with E-state index in [1.807, 2.05) is 19.2 Å². The molecule has 3 rings (SSSR count). The smallest absolute Gasteiger partial charge is 0.129 e. The largest absolute Gasteiger partial charge is 0.353 e. The van der Waals surface area contributed by atoms with Crippen LogP contribution in [0.25, 0.3) is 0 Å². The zero-order valence-electron chi connectivity index (χ0n) is 10.5. The second kappa shape index (κ2) is 4.30. The van der Waals surface area contributed by atoms with Gasteiger partial charge >= 0.3 is 0 Å². The molecule has 1 atom stereocenters. The molecule has 2 aliphatic carbocycles. The molecule has 0 amide bonds. The van der Waals surface area contributed by atoms with E-state index in [0.29, 0.717) is 0 Å². The summed E-state index contributed by atoms with van der Waals surface area (Å²) < 4.78 is 0. The fourth-order valence-corrected chi connectivity index (χ4v) is 2.27. The highest BCUT2D eigenvalue weighted by molar-refractivity contribution is 5.44. The third kappa shape index (κ3) is 2.60. The molecule has 0 spiro atoms. The molecule has 2 saturated carbocycles. The average molecular weight is 231 g/mol. The Bertz CT molecular complexity index is 394. The van der Waals surface area contributed by atoms with E-state index in [1.54, 1.807) is 0 Å². The predicted molar refractivity (Wildman–Crippen MR) is 69.9 cm³/mol. The van der Waals surface area contributed by atoms with Crippen molar-refractivity contribution >= 4 is 5.82 Å². The first-order valence-corrected chi connectivity index (χ1v) is 6.72. The molecule has 17 heavy (non-hydrogen) atoms. The van der Waals surface area contributed by atoms with Gasteiger partial charge in [-0.25, -0.2) is 4.98 Å². The van der Waals surface area contributed by atoms with Crippen LogP contribution in [0, 0.1) is 5.92 Å². The van der Waals surface area contributed by atoms with Crippen molar-refractivity contribution in [2.45, 2.75) is 44.7 Å². The highest BCUT2D eigenvalue weighted by atomic mass is 15.2. The Morgan fingerprint density at radius 3 is 2.76 bits per heavy atom. The summed E-state index contributed by atoms with van der Waals surface area (Å²) in [5, 5.41) is 0. The highest BCUT2D eigenvalue weighted by Gasteiger charge is 2.34. The Morgan fingerprint density at radius 1 is 1.41 bits per heavy atom. The first-order valence-electron chi connectivity index (χ1n) is 6.72. The molecule has 0 radical (unpaired) electrons. The van der Waals surface area contributed by atoms with Crippen LogP contribution >= 0.6 is 0 Å². The molecule has 0 bridgehead atoms. The summed E-state index contributed by atoms with van der Waals surface area (Å²) in [6.45, 7) is 3.22. The Morgan fingerprint density at radius 2 is 2.18 bits per heavy atom. The van der Waals surface area contributed by atoms with Gasteiger partial charge in [-0.1, -0.05) is 0 Å². The molecule has 0 saturated heterocycles. The lowest BCUT2D eigenvalue weighted by Gasteiger charge is -2.24. The van der Waals surface area contributed by atoms with Gasteiger partial charge in [-0.05, 0) is 56.2 Å². The molecule has 1 aromatic rings. The van der Waals surface area contributed by atoms with Gasteiger partial charge in [0.05, 0.1) is 0 Å². The van der Waals surface area contributed by atoms with E-state index in [1.165, 1.54) is 37.8 Å². The maximum absolute atomic E-state index is 5.94. The van der Waals surface area contributed by atoms with E-state index >= 15 is 0 Å². The number of nitrogens with two attached hydrogens (primary N) is 1. The van der Waals surface area contributed by atoms with E-state index in [0.717, 1.165) is 17.8 Å². The van der Waals surface area contributed by atoms with Crippen molar-refractivity contribution in [3.05, 3.63) is 23.9 Å². The van der Waals surface area contributed by atoms with E-state index in [9.17, 15) is 0 Å². The summed E-state index contributed by atoms with van der Waals surface area (Å²) in [5.74, 6) is 2.05. The molecule has 0 unspecified atom stereocenters. The van der Waals surface area contributed by atoms with E-state index in [2.05, 4.69) is 16.0 Å². The van der Waals surface area contributed by atoms with Crippen LogP contribution in [0.15, 0.2) is 18.3 Å². The van der Waals surface area contributed by atoms with Crippen molar-refractivity contribution in [1.29, 1.82) is 0 Å². The fraction of sp³-hybridized carbons (Fsp3) is 0.643. The van der Waals surface area contributed by atoms with Crippen LogP contribution in [0.5, 0.6) is 0 Å². The normalized spacial score (nSPS) is 21.3. The zero-order chi connectivity index (χ0) is 11.8. The lowest BCUT2D eigenvalue weighted by Crippen LogP contribution is -2.29. The van der Waals surface area contributed by atoms with Crippen LogP contribution in [0.1, 0.15) is 44.2 Å². The minimum atomic E-state index is 0.0960. The second-order valence-corrected chi connectivity index (χ2v) is 5.56. The third-order valence-corrected chi connectivity index (χ3v) is 3.73. The Labute approximate surface area is 103 Å². The monoisotopic (exact) mass is 231 g/mol. The summed E-state index contributed by atoms with van der Waals surface area (Å²) in [6.07, 6.45) is 7.36. The number of rotatable bonds is 5. The van der Waals surface area contributed by atoms with Crippen molar-refractivity contribution < 1.29 is 0 Å². The molecule has 3 heteroatoms. The lowest BCUT2D eigenvalue weighted by molar-refractivity contribution is 0.706. The van der Waals surface area contributed by atoms with Gasteiger partial charge in [0, 0.05) is 24.8 Å². The molecular formula is C14H21N3. The van der Waals surface area contributed by atoms with Crippen molar-refractivity contribution in [2.75, 3.05) is 11.4 Å². The summed E-state index contributed by atoms with van der Waals surface area (Å²) >= 11 is 0. The summed E-state index contributed by atoms with van der Waals surface area (Å²) in [4.78, 5) is 7.04. The Balaban J connectivity index is 1.80. The van der Waals surface area contributed by atoms with Crippen LogP contribution in [0.2, 0.25) is 0 Å². The first-order chi connectivity index (χ1) is 8.24. The molecular weight excluding hydrogens is 210 g/mol. The molecule has 2 N–H and O–H groups in total. The van der Waals surface area contributed by atoms with Crippen molar-refractivity contribution in [1.82, 2.24) is 4.98 Å². The summed E-state index contributed by atoms with van der Waals surface area (Å²) in [5.41, 5.74) is 7.13. The number of anilines is 1. The second-order valence-electron chi connectivity index (χ2n) is 5.56.